The zero-order valence-corrected chi connectivity index (χ0v) is 18.0. The summed E-state index contributed by atoms with van der Waals surface area (Å²) in [4.78, 5) is 16.6. The van der Waals surface area contributed by atoms with E-state index < -0.39 is 0 Å². The molecule has 2 rings (SSSR count). The standard InChI is InChI=1S/C23H35N3O3/c1-4-5-6-7-8-13-22(27)29-20(17-25-19(2)3)18-28-23-21(12-11-14-24-23)26-15-9-10-16-26/h9-12,14-16,19-20,25H,4-8,13,17-18H2,1-3H3. The van der Waals surface area contributed by atoms with Gasteiger partial charge in [0.2, 0.25) is 5.88 Å². The van der Waals surface area contributed by atoms with Crippen molar-refractivity contribution in [2.45, 2.75) is 71.4 Å². The molecule has 29 heavy (non-hydrogen) atoms. The molecular formula is C23H35N3O3. The highest BCUT2D eigenvalue weighted by Crippen LogP contribution is 2.20. The third-order valence-corrected chi connectivity index (χ3v) is 4.58. The van der Waals surface area contributed by atoms with Gasteiger partial charge in [0.25, 0.3) is 0 Å². The summed E-state index contributed by atoms with van der Waals surface area (Å²) < 4.78 is 13.6. The van der Waals surface area contributed by atoms with Crippen molar-refractivity contribution >= 4 is 5.97 Å². The summed E-state index contributed by atoms with van der Waals surface area (Å²) in [6, 6.07) is 8.03. The van der Waals surface area contributed by atoms with Gasteiger partial charge >= 0.3 is 5.97 Å². The van der Waals surface area contributed by atoms with Gasteiger partial charge in [-0.2, -0.15) is 0 Å². The SMILES string of the molecule is CCCCCCCC(=O)OC(CNC(C)C)COc1ncccc1-n1cccc1. The zero-order valence-electron chi connectivity index (χ0n) is 18.0. The van der Waals surface area contributed by atoms with Crippen LogP contribution in [0.3, 0.4) is 0 Å². The van der Waals surface area contributed by atoms with E-state index in [2.05, 4.69) is 31.1 Å². The molecular weight excluding hydrogens is 366 g/mol. The third kappa shape index (κ3) is 8.69. The number of carbonyl (C=O) groups excluding carboxylic acids is 1. The molecule has 6 nitrogen and oxygen atoms in total. The normalized spacial score (nSPS) is 12.1. The Balaban J connectivity index is 1.90. The molecule has 0 amide bonds. The third-order valence-electron chi connectivity index (χ3n) is 4.58. The van der Waals surface area contributed by atoms with E-state index in [1.165, 1.54) is 19.3 Å². The van der Waals surface area contributed by atoms with E-state index in [9.17, 15) is 4.79 Å². The lowest BCUT2D eigenvalue weighted by Crippen LogP contribution is -2.38. The Bertz CT molecular complexity index is 701. The maximum atomic E-state index is 12.3. The number of pyridine rings is 1. The molecule has 2 aromatic rings. The van der Waals surface area contributed by atoms with Gasteiger partial charge in [0, 0.05) is 37.6 Å². The first-order valence-corrected chi connectivity index (χ1v) is 10.7. The van der Waals surface area contributed by atoms with Crippen LogP contribution in [0.2, 0.25) is 0 Å². The Morgan fingerprint density at radius 1 is 1.14 bits per heavy atom. The Morgan fingerprint density at radius 2 is 1.90 bits per heavy atom. The Morgan fingerprint density at radius 3 is 2.62 bits per heavy atom. The van der Waals surface area contributed by atoms with Gasteiger partial charge in [-0.25, -0.2) is 4.98 Å². The quantitative estimate of drug-likeness (QED) is 0.372. The fourth-order valence-corrected chi connectivity index (χ4v) is 2.98. The number of nitrogens with one attached hydrogen (secondary N) is 1. The molecule has 0 fully saturated rings. The van der Waals surface area contributed by atoms with Gasteiger partial charge in [0.05, 0.1) is 0 Å². The number of carbonyl (C=O) groups is 1. The van der Waals surface area contributed by atoms with Crippen LogP contribution in [0.25, 0.3) is 5.69 Å². The molecule has 0 aliphatic rings. The average Bonchev–Trinajstić information content (AvgIpc) is 3.24. The minimum absolute atomic E-state index is 0.160. The second-order valence-electron chi connectivity index (χ2n) is 7.57. The monoisotopic (exact) mass is 401 g/mol. The van der Waals surface area contributed by atoms with Gasteiger partial charge in [-0.05, 0) is 30.7 Å². The summed E-state index contributed by atoms with van der Waals surface area (Å²) in [5.41, 5.74) is 0.857. The topological polar surface area (TPSA) is 65.4 Å². The minimum atomic E-state index is -0.361. The Kier molecular flexibility index (Phi) is 10.3. The van der Waals surface area contributed by atoms with Crippen molar-refractivity contribution in [2.75, 3.05) is 13.2 Å². The molecule has 0 saturated heterocycles. The van der Waals surface area contributed by atoms with E-state index in [0.29, 0.717) is 24.9 Å². The highest BCUT2D eigenvalue weighted by Gasteiger charge is 2.17. The molecule has 0 aliphatic carbocycles. The number of unbranched alkanes of at least 4 members (excludes halogenated alkanes) is 4. The first kappa shape index (κ1) is 22.9. The van der Waals surface area contributed by atoms with E-state index in [0.717, 1.165) is 18.5 Å². The molecule has 0 saturated carbocycles. The van der Waals surface area contributed by atoms with Crippen molar-refractivity contribution in [3.8, 4) is 11.6 Å². The molecule has 1 N–H and O–H groups in total. The smallest absolute Gasteiger partial charge is 0.306 e. The molecule has 1 atom stereocenters. The van der Waals surface area contributed by atoms with Crippen LogP contribution in [-0.4, -0.2) is 40.8 Å². The van der Waals surface area contributed by atoms with Crippen LogP contribution >= 0.6 is 0 Å². The van der Waals surface area contributed by atoms with Crippen LogP contribution in [0.1, 0.15) is 59.3 Å². The number of esters is 1. The largest absolute Gasteiger partial charge is 0.472 e. The zero-order chi connectivity index (χ0) is 20.9. The van der Waals surface area contributed by atoms with Crippen LogP contribution in [0.5, 0.6) is 5.88 Å². The number of ether oxygens (including phenoxy) is 2. The van der Waals surface area contributed by atoms with Gasteiger partial charge in [-0.3, -0.25) is 4.79 Å². The van der Waals surface area contributed by atoms with Gasteiger partial charge in [0.15, 0.2) is 0 Å². The summed E-state index contributed by atoms with van der Waals surface area (Å²) in [6.45, 7) is 7.12. The number of hydrogen-bond acceptors (Lipinski definition) is 5. The van der Waals surface area contributed by atoms with Crippen molar-refractivity contribution in [2.24, 2.45) is 0 Å². The average molecular weight is 402 g/mol. The predicted octanol–water partition coefficient (Wildman–Crippen LogP) is 4.52. The van der Waals surface area contributed by atoms with E-state index in [1.807, 2.05) is 41.2 Å². The van der Waals surface area contributed by atoms with Crippen molar-refractivity contribution in [1.29, 1.82) is 0 Å². The summed E-state index contributed by atoms with van der Waals surface area (Å²) in [5.74, 6) is 0.362. The van der Waals surface area contributed by atoms with Gasteiger partial charge in [-0.15, -0.1) is 0 Å². The van der Waals surface area contributed by atoms with Crippen LogP contribution in [-0.2, 0) is 9.53 Å². The highest BCUT2D eigenvalue weighted by molar-refractivity contribution is 5.69. The van der Waals surface area contributed by atoms with Crippen LogP contribution < -0.4 is 10.1 Å². The van der Waals surface area contributed by atoms with E-state index in [-0.39, 0.29) is 18.7 Å². The fraction of sp³-hybridized carbons (Fsp3) is 0.565. The molecule has 0 aliphatic heterocycles. The van der Waals surface area contributed by atoms with Crippen molar-refractivity contribution in [1.82, 2.24) is 14.9 Å². The van der Waals surface area contributed by atoms with Crippen LogP contribution in [0.15, 0.2) is 42.9 Å². The van der Waals surface area contributed by atoms with Gasteiger partial charge in [0.1, 0.15) is 18.4 Å². The highest BCUT2D eigenvalue weighted by atomic mass is 16.6. The molecule has 160 valence electrons. The maximum Gasteiger partial charge on any atom is 0.306 e. The molecule has 0 bridgehead atoms. The first-order valence-electron chi connectivity index (χ1n) is 10.7. The number of aromatic nitrogens is 2. The Hall–Kier alpha value is -2.34. The lowest BCUT2D eigenvalue weighted by atomic mass is 10.1. The molecule has 0 radical (unpaired) electrons. The van der Waals surface area contributed by atoms with Crippen LogP contribution in [0, 0.1) is 0 Å². The molecule has 0 spiro atoms. The molecule has 0 aromatic carbocycles. The summed E-state index contributed by atoms with van der Waals surface area (Å²) in [6.07, 6.45) is 11.2. The van der Waals surface area contributed by atoms with Crippen molar-refractivity contribution in [3.05, 3.63) is 42.9 Å². The van der Waals surface area contributed by atoms with Gasteiger partial charge in [-0.1, -0.05) is 46.5 Å². The maximum absolute atomic E-state index is 12.3. The first-order chi connectivity index (χ1) is 14.1. The lowest BCUT2D eigenvalue weighted by Gasteiger charge is -2.21. The second kappa shape index (κ2) is 13.0. The predicted molar refractivity (Wildman–Crippen MR) is 115 cm³/mol. The molecule has 2 aromatic heterocycles. The number of nitrogens with zero attached hydrogens (tertiary/aromatic N) is 2. The Labute approximate surface area is 174 Å². The van der Waals surface area contributed by atoms with Crippen molar-refractivity contribution < 1.29 is 14.3 Å². The van der Waals surface area contributed by atoms with Crippen LogP contribution in [0.4, 0.5) is 0 Å². The summed E-state index contributed by atoms with van der Waals surface area (Å²) in [5, 5.41) is 3.33. The summed E-state index contributed by atoms with van der Waals surface area (Å²) in [7, 11) is 0. The van der Waals surface area contributed by atoms with E-state index in [4.69, 9.17) is 9.47 Å². The molecule has 6 heteroatoms. The second-order valence-corrected chi connectivity index (χ2v) is 7.57. The number of hydrogen-bond donors (Lipinski definition) is 1. The van der Waals surface area contributed by atoms with E-state index in [1.54, 1.807) is 6.20 Å². The molecule has 2 heterocycles. The molecule has 1 unspecified atom stereocenters. The van der Waals surface area contributed by atoms with E-state index >= 15 is 0 Å². The number of rotatable bonds is 14. The van der Waals surface area contributed by atoms with Gasteiger partial charge < -0.3 is 19.4 Å². The fourth-order valence-electron chi connectivity index (χ4n) is 2.98. The minimum Gasteiger partial charge on any atom is -0.472 e. The summed E-state index contributed by atoms with van der Waals surface area (Å²) >= 11 is 0. The lowest BCUT2D eigenvalue weighted by molar-refractivity contribution is -0.150. The van der Waals surface area contributed by atoms with Crippen molar-refractivity contribution in [3.63, 3.8) is 0 Å².